The molecule has 4 rings (SSSR count). The third kappa shape index (κ3) is 3.71. The first kappa shape index (κ1) is 19.2. The Morgan fingerprint density at radius 2 is 1.80 bits per heavy atom. The highest BCUT2D eigenvalue weighted by atomic mass is 16.2. The second-order valence-corrected chi connectivity index (χ2v) is 7.15. The Hall–Kier alpha value is -4.17. The van der Waals surface area contributed by atoms with Crippen LogP contribution in [-0.4, -0.2) is 17.1 Å². The van der Waals surface area contributed by atoms with E-state index in [2.05, 4.69) is 47.6 Å². The summed E-state index contributed by atoms with van der Waals surface area (Å²) in [6.45, 7) is 4.13. The van der Waals surface area contributed by atoms with Crippen molar-refractivity contribution >= 4 is 23.0 Å². The van der Waals surface area contributed by atoms with E-state index in [0.717, 1.165) is 27.6 Å². The van der Waals surface area contributed by atoms with Gasteiger partial charge in [-0.3, -0.25) is 4.79 Å². The molecule has 2 N–H and O–H groups in total. The lowest BCUT2D eigenvalue weighted by Gasteiger charge is -2.07. The molecule has 30 heavy (non-hydrogen) atoms. The van der Waals surface area contributed by atoms with Gasteiger partial charge in [0.1, 0.15) is 5.69 Å². The summed E-state index contributed by atoms with van der Waals surface area (Å²) in [4.78, 5) is 16.2. The quantitative estimate of drug-likeness (QED) is 0.375. The molecule has 0 aliphatic carbocycles. The van der Waals surface area contributed by atoms with E-state index in [1.807, 2.05) is 30.3 Å². The van der Waals surface area contributed by atoms with Gasteiger partial charge in [-0.2, -0.15) is 10.4 Å². The first-order chi connectivity index (χ1) is 14.6. The highest BCUT2D eigenvalue weighted by Crippen LogP contribution is 2.33. The van der Waals surface area contributed by atoms with Crippen molar-refractivity contribution in [3.05, 3.63) is 94.7 Å². The van der Waals surface area contributed by atoms with Crippen LogP contribution in [0.25, 0.3) is 22.0 Å². The number of hydrogen-bond donors (Lipinski definition) is 2. The molecule has 0 saturated heterocycles. The fourth-order valence-electron chi connectivity index (χ4n) is 3.37. The minimum Gasteiger partial charge on any atom is -0.350 e. The summed E-state index contributed by atoms with van der Waals surface area (Å²) in [5.74, 6) is -0.315. The normalized spacial score (nSPS) is 11.0. The van der Waals surface area contributed by atoms with E-state index in [1.54, 1.807) is 30.5 Å². The highest BCUT2D eigenvalue weighted by Gasteiger charge is 2.19. The Labute approximate surface area is 174 Å². The predicted octanol–water partition coefficient (Wildman–Crippen LogP) is 5.09. The van der Waals surface area contributed by atoms with Crippen molar-refractivity contribution in [2.45, 2.75) is 13.8 Å². The van der Waals surface area contributed by atoms with Crippen LogP contribution in [0.1, 0.15) is 32.7 Å². The van der Waals surface area contributed by atoms with E-state index in [4.69, 9.17) is 5.26 Å². The molecule has 5 heteroatoms. The standard InChI is InChI=1S/C25H20N4O/c1-16-7-12-20(13-17(16)2)23-21-5-3-4-6-22(21)28-24(23)25(30)29-27-15-19-10-8-18(14-26)9-11-19/h3-13,15,28H,1-2H3,(H,29,30)/b27-15-. The number of carbonyl (C=O) groups excluding carboxylic acids is 1. The summed E-state index contributed by atoms with van der Waals surface area (Å²) in [6, 6.07) is 23.1. The van der Waals surface area contributed by atoms with Crippen molar-refractivity contribution in [3.63, 3.8) is 0 Å². The molecular weight excluding hydrogens is 372 g/mol. The Bertz CT molecular complexity index is 1310. The van der Waals surface area contributed by atoms with Gasteiger partial charge in [0.15, 0.2) is 0 Å². The molecule has 1 amide bonds. The van der Waals surface area contributed by atoms with Crippen LogP contribution in [-0.2, 0) is 0 Å². The Morgan fingerprint density at radius 1 is 1.03 bits per heavy atom. The minimum absolute atomic E-state index is 0.315. The number of hydrogen-bond acceptors (Lipinski definition) is 3. The second-order valence-electron chi connectivity index (χ2n) is 7.15. The van der Waals surface area contributed by atoms with Gasteiger partial charge < -0.3 is 4.98 Å². The first-order valence-electron chi connectivity index (χ1n) is 9.58. The van der Waals surface area contributed by atoms with Crippen molar-refractivity contribution in [3.8, 4) is 17.2 Å². The number of nitrogens with zero attached hydrogens (tertiary/aromatic N) is 2. The zero-order valence-electron chi connectivity index (χ0n) is 16.7. The van der Waals surface area contributed by atoms with E-state index in [0.29, 0.717) is 11.3 Å². The fraction of sp³-hybridized carbons (Fsp3) is 0.0800. The largest absolute Gasteiger partial charge is 0.350 e. The van der Waals surface area contributed by atoms with E-state index in [-0.39, 0.29) is 5.91 Å². The van der Waals surface area contributed by atoms with Crippen molar-refractivity contribution < 1.29 is 4.79 Å². The Kier molecular flexibility index (Phi) is 5.15. The number of fused-ring (bicyclic) bond motifs is 1. The average Bonchev–Trinajstić information content (AvgIpc) is 3.16. The third-order valence-corrected chi connectivity index (χ3v) is 5.15. The molecule has 4 aromatic rings. The number of H-pyrrole nitrogens is 1. The van der Waals surface area contributed by atoms with E-state index >= 15 is 0 Å². The molecule has 1 heterocycles. The van der Waals surface area contributed by atoms with Crippen LogP contribution in [0.4, 0.5) is 0 Å². The number of aromatic nitrogens is 1. The molecule has 0 radical (unpaired) electrons. The lowest BCUT2D eigenvalue weighted by molar-refractivity contribution is 0.0951. The molecule has 3 aromatic carbocycles. The number of nitrogens with one attached hydrogen (secondary N) is 2. The number of nitriles is 1. The molecule has 146 valence electrons. The molecule has 0 bridgehead atoms. The summed E-state index contributed by atoms with van der Waals surface area (Å²) in [6.07, 6.45) is 1.55. The smallest absolute Gasteiger partial charge is 0.288 e. The third-order valence-electron chi connectivity index (χ3n) is 5.15. The summed E-state index contributed by atoms with van der Waals surface area (Å²) in [7, 11) is 0. The maximum absolute atomic E-state index is 13.0. The summed E-state index contributed by atoms with van der Waals surface area (Å²) < 4.78 is 0. The highest BCUT2D eigenvalue weighted by molar-refractivity contribution is 6.09. The molecule has 0 saturated carbocycles. The maximum Gasteiger partial charge on any atom is 0.288 e. The molecular formula is C25H20N4O. The predicted molar refractivity (Wildman–Crippen MR) is 119 cm³/mol. The van der Waals surface area contributed by atoms with Gasteiger partial charge in [0.2, 0.25) is 0 Å². The molecule has 0 aliphatic rings. The van der Waals surface area contributed by atoms with Crippen LogP contribution in [0.3, 0.4) is 0 Å². The van der Waals surface area contributed by atoms with Gasteiger partial charge in [0, 0.05) is 16.5 Å². The lowest BCUT2D eigenvalue weighted by atomic mass is 9.98. The minimum atomic E-state index is -0.315. The van der Waals surface area contributed by atoms with Crippen molar-refractivity contribution in [2.24, 2.45) is 5.10 Å². The number of aromatic amines is 1. The van der Waals surface area contributed by atoms with Crippen LogP contribution in [0.15, 0.2) is 71.8 Å². The van der Waals surface area contributed by atoms with Crippen LogP contribution in [0.5, 0.6) is 0 Å². The number of amides is 1. The first-order valence-corrected chi connectivity index (χ1v) is 9.58. The topological polar surface area (TPSA) is 81.0 Å². The number of para-hydroxylation sites is 1. The number of carbonyl (C=O) groups is 1. The lowest BCUT2D eigenvalue weighted by Crippen LogP contribution is -2.18. The van der Waals surface area contributed by atoms with E-state index < -0.39 is 0 Å². The van der Waals surface area contributed by atoms with Crippen LogP contribution < -0.4 is 5.43 Å². The fourth-order valence-corrected chi connectivity index (χ4v) is 3.37. The Morgan fingerprint density at radius 3 is 2.53 bits per heavy atom. The number of benzene rings is 3. The van der Waals surface area contributed by atoms with Crippen LogP contribution >= 0.6 is 0 Å². The summed E-state index contributed by atoms with van der Waals surface area (Å²) in [5, 5.41) is 13.9. The van der Waals surface area contributed by atoms with Gasteiger partial charge in [-0.15, -0.1) is 0 Å². The Balaban J connectivity index is 1.67. The van der Waals surface area contributed by atoms with Crippen molar-refractivity contribution in [2.75, 3.05) is 0 Å². The van der Waals surface area contributed by atoms with Gasteiger partial charge in [0.25, 0.3) is 5.91 Å². The summed E-state index contributed by atoms with van der Waals surface area (Å²) in [5.41, 5.74) is 9.56. The molecule has 0 spiro atoms. The molecule has 5 nitrogen and oxygen atoms in total. The number of aryl methyl sites for hydroxylation is 2. The molecule has 0 aliphatic heterocycles. The van der Waals surface area contributed by atoms with Gasteiger partial charge in [-0.25, -0.2) is 5.43 Å². The second kappa shape index (κ2) is 8.06. The van der Waals surface area contributed by atoms with Crippen LogP contribution in [0.2, 0.25) is 0 Å². The summed E-state index contributed by atoms with van der Waals surface area (Å²) >= 11 is 0. The SMILES string of the molecule is Cc1ccc(-c2c(C(=O)N/N=C\c3ccc(C#N)cc3)[nH]c3ccccc23)cc1C. The number of hydrazone groups is 1. The average molecular weight is 392 g/mol. The van der Waals surface area contributed by atoms with Crippen LogP contribution in [0, 0.1) is 25.2 Å². The van der Waals surface area contributed by atoms with Gasteiger partial charge in [-0.1, -0.05) is 48.5 Å². The molecule has 0 fully saturated rings. The van der Waals surface area contributed by atoms with Crippen molar-refractivity contribution in [1.29, 1.82) is 5.26 Å². The monoisotopic (exact) mass is 392 g/mol. The van der Waals surface area contributed by atoms with Crippen molar-refractivity contribution in [1.82, 2.24) is 10.4 Å². The molecule has 1 aromatic heterocycles. The van der Waals surface area contributed by atoms with E-state index in [9.17, 15) is 4.79 Å². The molecule has 0 unspecified atom stereocenters. The zero-order valence-corrected chi connectivity index (χ0v) is 16.7. The van der Waals surface area contributed by atoms with Gasteiger partial charge >= 0.3 is 0 Å². The van der Waals surface area contributed by atoms with Gasteiger partial charge in [0.05, 0.1) is 17.8 Å². The zero-order chi connectivity index (χ0) is 21.1. The number of rotatable bonds is 4. The van der Waals surface area contributed by atoms with E-state index in [1.165, 1.54) is 11.1 Å². The maximum atomic E-state index is 13.0. The molecule has 0 atom stereocenters. The van der Waals surface area contributed by atoms with Gasteiger partial charge in [-0.05, 0) is 54.3 Å².